The number of unbranched alkanes of at least 4 members (excludes halogenated alkanes) is 3. The van der Waals surface area contributed by atoms with Gasteiger partial charge in [-0.3, -0.25) is 19.3 Å². The number of amides is 3. The molecule has 8 nitrogen and oxygen atoms in total. The van der Waals surface area contributed by atoms with Gasteiger partial charge in [0.2, 0.25) is 17.7 Å². The van der Waals surface area contributed by atoms with E-state index in [1.165, 1.54) is 0 Å². The number of carbonyl (C=O) groups is 3. The molecule has 0 saturated carbocycles. The van der Waals surface area contributed by atoms with Crippen molar-refractivity contribution in [1.82, 2.24) is 20.4 Å². The highest BCUT2D eigenvalue weighted by molar-refractivity contribution is 5.93. The fourth-order valence-electron chi connectivity index (χ4n) is 5.00. The number of nitrogens with one attached hydrogen (secondary N) is 2. The van der Waals surface area contributed by atoms with Crippen molar-refractivity contribution in [1.29, 1.82) is 0 Å². The largest absolute Gasteiger partial charge is 0.396 e. The monoisotopic (exact) mass is 522 g/mol. The van der Waals surface area contributed by atoms with Crippen LogP contribution >= 0.6 is 0 Å². The average Bonchev–Trinajstić information content (AvgIpc) is 2.86. The van der Waals surface area contributed by atoms with Gasteiger partial charge in [-0.05, 0) is 64.8 Å². The van der Waals surface area contributed by atoms with Crippen molar-refractivity contribution in [3.8, 4) is 0 Å². The molecule has 1 saturated heterocycles. The lowest BCUT2D eigenvalue weighted by Gasteiger charge is -2.39. The highest BCUT2D eigenvalue weighted by Crippen LogP contribution is 2.21. The molecule has 3 amide bonds. The highest BCUT2D eigenvalue weighted by atomic mass is 16.3. The van der Waals surface area contributed by atoms with Gasteiger partial charge in [0.25, 0.3) is 0 Å². The van der Waals surface area contributed by atoms with Gasteiger partial charge in [-0.25, -0.2) is 0 Å². The van der Waals surface area contributed by atoms with Gasteiger partial charge in [0, 0.05) is 31.8 Å². The summed E-state index contributed by atoms with van der Waals surface area (Å²) in [5, 5.41) is 14.9. The number of carbonyl (C=O) groups excluding carboxylic acids is 3. The van der Waals surface area contributed by atoms with Crippen LogP contribution in [-0.4, -0.2) is 83.5 Å². The number of hydrogen-bond acceptors (Lipinski definition) is 5. The zero-order valence-electron chi connectivity index (χ0n) is 24.7. The first-order chi connectivity index (χ1) is 17.4. The summed E-state index contributed by atoms with van der Waals surface area (Å²) >= 11 is 0. The first-order valence-electron chi connectivity index (χ1n) is 14.3. The van der Waals surface area contributed by atoms with Gasteiger partial charge in [-0.2, -0.15) is 0 Å². The summed E-state index contributed by atoms with van der Waals surface area (Å²) in [5.74, 6) is -0.314. The molecule has 214 valence electrons. The summed E-state index contributed by atoms with van der Waals surface area (Å²) in [6.45, 7) is 15.7. The fourth-order valence-corrected chi connectivity index (χ4v) is 5.00. The number of hydrogen-bond donors (Lipinski definition) is 3. The van der Waals surface area contributed by atoms with Crippen LogP contribution in [0.4, 0.5) is 0 Å². The van der Waals surface area contributed by atoms with Crippen LogP contribution in [0.5, 0.6) is 0 Å². The van der Waals surface area contributed by atoms with Gasteiger partial charge < -0.3 is 20.6 Å². The Morgan fingerprint density at radius 3 is 2.22 bits per heavy atom. The van der Waals surface area contributed by atoms with Crippen LogP contribution in [0.25, 0.3) is 0 Å². The van der Waals surface area contributed by atoms with E-state index in [0.29, 0.717) is 12.1 Å². The summed E-state index contributed by atoms with van der Waals surface area (Å²) in [7, 11) is 1.76. The molecule has 1 fully saturated rings. The maximum atomic E-state index is 13.7. The lowest BCUT2D eigenvalue weighted by molar-refractivity contribution is -0.140. The molecule has 0 aromatic heterocycles. The third-order valence-corrected chi connectivity index (χ3v) is 7.37. The minimum Gasteiger partial charge on any atom is -0.396 e. The van der Waals surface area contributed by atoms with Crippen LogP contribution in [0.3, 0.4) is 0 Å². The van der Waals surface area contributed by atoms with E-state index in [4.69, 9.17) is 5.11 Å². The number of rotatable bonds is 15. The van der Waals surface area contributed by atoms with Crippen molar-refractivity contribution < 1.29 is 19.5 Å². The Balaban J connectivity index is 2.90. The van der Waals surface area contributed by atoms with E-state index in [1.807, 2.05) is 33.8 Å². The first kappa shape index (κ1) is 33.1. The molecule has 1 rings (SSSR count). The molecule has 0 spiro atoms. The third kappa shape index (κ3) is 10.8. The topological polar surface area (TPSA) is 102 Å². The maximum absolute atomic E-state index is 13.7. The van der Waals surface area contributed by atoms with E-state index in [-0.39, 0.29) is 54.3 Å². The Labute approximate surface area is 225 Å². The Hall–Kier alpha value is -1.93. The standard InChI is InChI=1S/C29H54N4O4/c1-20(2)25(19-23(7)27(35)30-16-12-9-10-14-18-34)32(8)29(37)26(21(3)4)31-28(36)24-15-11-13-17-33(24)22(5)6/h19-22,24-26,34H,9-18H2,1-8H3,(H,30,35)(H,31,36)/b23-19+/t24-,25-,26?/m1/s1. The van der Waals surface area contributed by atoms with Crippen molar-refractivity contribution in [3.63, 3.8) is 0 Å². The van der Waals surface area contributed by atoms with Crippen LogP contribution in [0.1, 0.15) is 93.4 Å². The number of aliphatic hydroxyl groups excluding tert-OH is 1. The van der Waals surface area contributed by atoms with Crippen LogP contribution in [-0.2, 0) is 14.4 Å². The molecule has 1 unspecified atom stereocenters. The van der Waals surface area contributed by atoms with Crippen LogP contribution < -0.4 is 10.6 Å². The first-order valence-corrected chi connectivity index (χ1v) is 14.3. The molecule has 0 bridgehead atoms. The van der Waals surface area contributed by atoms with Crippen molar-refractivity contribution in [2.75, 3.05) is 26.7 Å². The van der Waals surface area contributed by atoms with Crippen molar-refractivity contribution in [2.24, 2.45) is 11.8 Å². The van der Waals surface area contributed by atoms with Crippen LogP contribution in [0, 0.1) is 11.8 Å². The number of nitrogens with zero attached hydrogens (tertiary/aromatic N) is 2. The Morgan fingerprint density at radius 2 is 1.65 bits per heavy atom. The minimum atomic E-state index is -0.629. The Kier molecular flexibility index (Phi) is 15.0. The molecule has 0 aliphatic carbocycles. The average molecular weight is 523 g/mol. The number of likely N-dealkylation sites (tertiary alicyclic amines) is 1. The van der Waals surface area contributed by atoms with Gasteiger partial charge in [0.1, 0.15) is 6.04 Å². The van der Waals surface area contributed by atoms with Crippen molar-refractivity contribution in [2.45, 2.75) is 118 Å². The normalized spacial score (nSPS) is 18.7. The highest BCUT2D eigenvalue weighted by Gasteiger charge is 2.36. The van der Waals surface area contributed by atoms with Gasteiger partial charge >= 0.3 is 0 Å². The summed E-state index contributed by atoms with van der Waals surface area (Å²) in [6.07, 6.45) is 8.37. The second kappa shape index (κ2) is 16.8. The molecule has 0 aromatic rings. The minimum absolute atomic E-state index is 0.0676. The summed E-state index contributed by atoms with van der Waals surface area (Å²) in [4.78, 5) is 43.5. The molecule has 1 aliphatic rings. The Morgan fingerprint density at radius 1 is 1.00 bits per heavy atom. The molecule has 0 aromatic carbocycles. The number of piperidine rings is 1. The number of aliphatic hydroxyl groups is 1. The molecule has 8 heteroatoms. The fraction of sp³-hybridized carbons (Fsp3) is 0.828. The van der Waals surface area contributed by atoms with Crippen LogP contribution in [0.2, 0.25) is 0 Å². The second-order valence-electron chi connectivity index (χ2n) is 11.5. The molecule has 37 heavy (non-hydrogen) atoms. The smallest absolute Gasteiger partial charge is 0.246 e. The maximum Gasteiger partial charge on any atom is 0.246 e. The third-order valence-electron chi connectivity index (χ3n) is 7.37. The van der Waals surface area contributed by atoms with E-state index in [2.05, 4.69) is 29.4 Å². The zero-order valence-corrected chi connectivity index (χ0v) is 24.7. The predicted molar refractivity (Wildman–Crippen MR) is 150 cm³/mol. The van der Waals surface area contributed by atoms with Crippen molar-refractivity contribution in [3.05, 3.63) is 11.6 Å². The van der Waals surface area contributed by atoms with Gasteiger partial charge in [0.15, 0.2) is 0 Å². The number of likely N-dealkylation sites (N-methyl/N-ethyl adjacent to an activating group) is 1. The van der Waals surface area contributed by atoms with E-state index in [0.717, 1.165) is 51.5 Å². The van der Waals surface area contributed by atoms with Crippen LogP contribution in [0.15, 0.2) is 11.6 Å². The molecule has 0 radical (unpaired) electrons. The molecule has 3 N–H and O–H groups in total. The quantitative estimate of drug-likeness (QED) is 0.226. The van der Waals surface area contributed by atoms with E-state index < -0.39 is 6.04 Å². The summed E-state index contributed by atoms with van der Waals surface area (Å²) < 4.78 is 0. The van der Waals surface area contributed by atoms with E-state index in [1.54, 1.807) is 18.9 Å². The van der Waals surface area contributed by atoms with Gasteiger partial charge in [0.05, 0.1) is 12.1 Å². The summed E-state index contributed by atoms with van der Waals surface area (Å²) in [6, 6.07) is -0.834. The second-order valence-corrected chi connectivity index (χ2v) is 11.5. The molecular weight excluding hydrogens is 468 g/mol. The van der Waals surface area contributed by atoms with Gasteiger partial charge in [-0.1, -0.05) is 53.0 Å². The molecule has 1 aliphatic heterocycles. The summed E-state index contributed by atoms with van der Waals surface area (Å²) in [5.41, 5.74) is 0.577. The SMILES string of the molecule is C/C(=C\[C@H](C(C)C)N(C)C(=O)C(NC(=O)[C@H]1CCCCN1C(C)C)C(C)C)C(=O)NCCCCCCO. The zero-order chi connectivity index (χ0) is 28.1. The molecule has 1 heterocycles. The van der Waals surface area contributed by atoms with Crippen molar-refractivity contribution >= 4 is 17.7 Å². The van der Waals surface area contributed by atoms with Gasteiger partial charge in [-0.15, -0.1) is 0 Å². The molecule has 3 atom stereocenters. The van der Waals surface area contributed by atoms with E-state index >= 15 is 0 Å². The van der Waals surface area contributed by atoms with E-state index in [9.17, 15) is 14.4 Å². The lowest BCUT2D eigenvalue weighted by Crippen LogP contribution is -2.58. The molecular formula is C29H54N4O4. The predicted octanol–water partition coefficient (Wildman–Crippen LogP) is 3.49. The Bertz CT molecular complexity index is 750. The lowest BCUT2D eigenvalue weighted by atomic mass is 9.95.